The zero-order valence-corrected chi connectivity index (χ0v) is 13.1. The number of amidine groups is 1. The lowest BCUT2D eigenvalue weighted by Gasteiger charge is -2.24. The molecule has 0 spiro atoms. The van der Waals surface area contributed by atoms with Crippen molar-refractivity contribution in [1.82, 2.24) is 4.31 Å². The van der Waals surface area contributed by atoms with Crippen molar-refractivity contribution in [2.75, 3.05) is 13.1 Å². The fourth-order valence-electron chi connectivity index (χ4n) is 1.94. The molecule has 0 aliphatic heterocycles. The molecule has 1 aromatic rings. The van der Waals surface area contributed by atoms with Gasteiger partial charge in [0.15, 0.2) is 0 Å². The van der Waals surface area contributed by atoms with Crippen LogP contribution in [0.3, 0.4) is 0 Å². The van der Waals surface area contributed by atoms with Crippen LogP contribution in [0.15, 0.2) is 28.3 Å². The van der Waals surface area contributed by atoms with Crippen molar-refractivity contribution in [3.8, 4) is 0 Å². The number of nitrogens with zero attached hydrogens (tertiary/aromatic N) is 2. The number of hydrogen-bond donors (Lipinski definition) is 2. The summed E-state index contributed by atoms with van der Waals surface area (Å²) in [5, 5.41) is 11.5. The number of benzene rings is 1. The summed E-state index contributed by atoms with van der Waals surface area (Å²) in [6, 6.07) is 3.53. The van der Waals surface area contributed by atoms with Crippen LogP contribution < -0.4 is 5.73 Å². The topological polar surface area (TPSA) is 96.0 Å². The third kappa shape index (κ3) is 3.92. The highest BCUT2D eigenvalue weighted by atomic mass is 32.2. The van der Waals surface area contributed by atoms with E-state index in [0.717, 1.165) is 6.07 Å². The third-order valence-corrected chi connectivity index (χ3v) is 5.31. The molecule has 0 fully saturated rings. The van der Waals surface area contributed by atoms with Crippen molar-refractivity contribution in [2.45, 2.75) is 25.7 Å². The van der Waals surface area contributed by atoms with Crippen molar-refractivity contribution in [2.24, 2.45) is 16.8 Å². The highest BCUT2D eigenvalue weighted by Crippen LogP contribution is 2.21. The molecule has 8 heteroatoms. The van der Waals surface area contributed by atoms with Gasteiger partial charge < -0.3 is 10.9 Å². The minimum atomic E-state index is -3.76. The van der Waals surface area contributed by atoms with Gasteiger partial charge in [0.05, 0.1) is 4.90 Å². The summed E-state index contributed by atoms with van der Waals surface area (Å²) in [4.78, 5) is 0.0532. The van der Waals surface area contributed by atoms with Crippen LogP contribution in [-0.4, -0.2) is 36.9 Å². The minimum absolute atomic E-state index is 0.0421. The Kier molecular flexibility index (Phi) is 5.68. The fraction of sp³-hybridized carbons (Fsp3) is 0.462. The second-order valence-electron chi connectivity index (χ2n) is 4.79. The molecule has 6 nitrogen and oxygen atoms in total. The SMILES string of the molecule is CCN(CC(C)C(N)=NO)S(=O)(=O)c1ccc(F)cc1C. The summed E-state index contributed by atoms with van der Waals surface area (Å²) in [6.45, 7) is 5.19. The molecule has 0 aromatic heterocycles. The van der Waals surface area contributed by atoms with Crippen molar-refractivity contribution in [3.05, 3.63) is 29.6 Å². The molecule has 0 heterocycles. The van der Waals surface area contributed by atoms with E-state index in [9.17, 15) is 12.8 Å². The molecule has 1 rings (SSSR count). The Hall–Kier alpha value is -1.67. The maximum absolute atomic E-state index is 13.1. The molecule has 1 atom stereocenters. The van der Waals surface area contributed by atoms with Crippen LogP contribution >= 0.6 is 0 Å². The molecule has 118 valence electrons. The molecule has 0 aliphatic rings. The van der Waals surface area contributed by atoms with E-state index in [-0.39, 0.29) is 23.8 Å². The standard InChI is InChI=1S/C13H20FN3O3S/c1-4-17(8-10(3)13(15)16-18)21(19,20)12-6-5-11(14)7-9(12)2/h5-7,10,18H,4,8H2,1-3H3,(H2,15,16). The molecule has 0 aliphatic carbocycles. The molecule has 1 aromatic carbocycles. The van der Waals surface area contributed by atoms with Crippen LogP contribution in [0, 0.1) is 18.7 Å². The number of nitrogens with two attached hydrogens (primary N) is 1. The van der Waals surface area contributed by atoms with Crippen molar-refractivity contribution in [1.29, 1.82) is 0 Å². The van der Waals surface area contributed by atoms with Crippen molar-refractivity contribution >= 4 is 15.9 Å². The quantitative estimate of drug-likeness (QED) is 0.360. The molecule has 0 saturated heterocycles. The largest absolute Gasteiger partial charge is 0.409 e. The van der Waals surface area contributed by atoms with Crippen LogP contribution in [0.1, 0.15) is 19.4 Å². The molecule has 0 amide bonds. The second-order valence-corrected chi connectivity index (χ2v) is 6.70. The molecule has 21 heavy (non-hydrogen) atoms. The van der Waals surface area contributed by atoms with E-state index >= 15 is 0 Å². The lowest BCUT2D eigenvalue weighted by molar-refractivity contribution is 0.311. The lowest BCUT2D eigenvalue weighted by Crippen LogP contribution is -2.39. The highest BCUT2D eigenvalue weighted by molar-refractivity contribution is 7.89. The number of rotatable bonds is 6. The molecule has 1 unspecified atom stereocenters. The Morgan fingerprint density at radius 3 is 2.62 bits per heavy atom. The Labute approximate surface area is 124 Å². The summed E-state index contributed by atoms with van der Waals surface area (Å²) in [5.41, 5.74) is 5.82. The van der Waals surface area contributed by atoms with E-state index in [1.165, 1.54) is 23.4 Å². The van der Waals surface area contributed by atoms with E-state index < -0.39 is 21.8 Å². The number of halogens is 1. The number of sulfonamides is 1. The number of aryl methyl sites for hydroxylation is 1. The van der Waals surface area contributed by atoms with Gasteiger partial charge in [-0.2, -0.15) is 4.31 Å². The van der Waals surface area contributed by atoms with Crippen molar-refractivity contribution < 1.29 is 18.0 Å². The number of oxime groups is 1. The van der Waals surface area contributed by atoms with Crippen LogP contribution in [0.25, 0.3) is 0 Å². The van der Waals surface area contributed by atoms with E-state index in [4.69, 9.17) is 10.9 Å². The summed E-state index contributed by atoms with van der Waals surface area (Å²) in [6.07, 6.45) is 0. The molecule has 0 saturated carbocycles. The van der Waals surface area contributed by atoms with Crippen molar-refractivity contribution in [3.63, 3.8) is 0 Å². The predicted molar refractivity (Wildman–Crippen MR) is 78.1 cm³/mol. The molecule has 3 N–H and O–H groups in total. The van der Waals surface area contributed by atoms with Crippen LogP contribution in [0.2, 0.25) is 0 Å². The minimum Gasteiger partial charge on any atom is -0.409 e. The average Bonchev–Trinajstić information content (AvgIpc) is 2.42. The second kappa shape index (κ2) is 6.86. The Bertz CT molecular complexity index is 632. The first-order valence-electron chi connectivity index (χ1n) is 6.47. The summed E-state index contributed by atoms with van der Waals surface area (Å²) >= 11 is 0. The van der Waals surface area contributed by atoms with Gasteiger partial charge in [0.2, 0.25) is 10.0 Å². The Balaban J connectivity index is 3.14. The molecule has 0 radical (unpaired) electrons. The maximum Gasteiger partial charge on any atom is 0.243 e. The van der Waals surface area contributed by atoms with Gasteiger partial charge >= 0.3 is 0 Å². The smallest absolute Gasteiger partial charge is 0.243 e. The van der Waals surface area contributed by atoms with Crippen LogP contribution in [-0.2, 0) is 10.0 Å². The monoisotopic (exact) mass is 317 g/mol. The van der Waals surface area contributed by atoms with E-state index in [1.54, 1.807) is 13.8 Å². The number of hydrogen-bond acceptors (Lipinski definition) is 4. The van der Waals surface area contributed by atoms with Crippen LogP contribution in [0.4, 0.5) is 4.39 Å². The average molecular weight is 317 g/mol. The zero-order chi connectivity index (χ0) is 16.2. The van der Waals surface area contributed by atoms with Gasteiger partial charge in [-0.15, -0.1) is 0 Å². The van der Waals surface area contributed by atoms with E-state index in [2.05, 4.69) is 5.16 Å². The van der Waals surface area contributed by atoms with Gasteiger partial charge in [-0.25, -0.2) is 12.8 Å². The van der Waals surface area contributed by atoms with Crippen LogP contribution in [0.5, 0.6) is 0 Å². The summed E-state index contributed by atoms with van der Waals surface area (Å²) in [5.74, 6) is -0.968. The molecular weight excluding hydrogens is 297 g/mol. The predicted octanol–water partition coefficient (Wildman–Crippen LogP) is 1.53. The van der Waals surface area contributed by atoms with Gasteiger partial charge in [-0.05, 0) is 30.7 Å². The zero-order valence-electron chi connectivity index (χ0n) is 12.2. The Morgan fingerprint density at radius 2 is 2.14 bits per heavy atom. The first-order chi connectivity index (χ1) is 9.73. The first kappa shape index (κ1) is 17.4. The normalized spacial score (nSPS) is 14.4. The summed E-state index contributed by atoms with van der Waals surface area (Å²) < 4.78 is 39.5. The van der Waals surface area contributed by atoms with E-state index in [1.807, 2.05) is 0 Å². The van der Waals surface area contributed by atoms with Gasteiger partial charge in [0.1, 0.15) is 11.7 Å². The van der Waals surface area contributed by atoms with Gasteiger partial charge in [-0.3, -0.25) is 0 Å². The molecular formula is C13H20FN3O3S. The molecule has 0 bridgehead atoms. The maximum atomic E-state index is 13.1. The highest BCUT2D eigenvalue weighted by Gasteiger charge is 2.27. The summed E-state index contributed by atoms with van der Waals surface area (Å²) in [7, 11) is -3.76. The van der Waals surface area contributed by atoms with Gasteiger partial charge in [0, 0.05) is 19.0 Å². The lowest BCUT2D eigenvalue weighted by atomic mass is 10.1. The Morgan fingerprint density at radius 1 is 1.52 bits per heavy atom. The fourth-order valence-corrected chi connectivity index (χ4v) is 3.68. The van der Waals surface area contributed by atoms with Gasteiger partial charge in [-0.1, -0.05) is 19.0 Å². The third-order valence-electron chi connectivity index (χ3n) is 3.21. The van der Waals surface area contributed by atoms with Gasteiger partial charge in [0.25, 0.3) is 0 Å². The first-order valence-corrected chi connectivity index (χ1v) is 7.91. The van der Waals surface area contributed by atoms with E-state index in [0.29, 0.717) is 5.56 Å².